The number of amides is 2. The fourth-order valence-electron chi connectivity index (χ4n) is 3.08. The van der Waals surface area contributed by atoms with Crippen molar-refractivity contribution in [2.45, 2.75) is 19.3 Å². The van der Waals surface area contributed by atoms with Crippen molar-refractivity contribution < 1.29 is 14.0 Å². The SMILES string of the molecule is O=C(CNC(=O)c1c(F)cccc1Cl)Nc1ccc(N2CCCCC2)cc1. The van der Waals surface area contributed by atoms with Crippen LogP contribution in [0.3, 0.4) is 0 Å². The lowest BCUT2D eigenvalue weighted by atomic mass is 10.1. The third-order valence-electron chi connectivity index (χ3n) is 4.47. The molecule has 0 unspecified atom stereocenters. The van der Waals surface area contributed by atoms with Gasteiger partial charge in [0.15, 0.2) is 0 Å². The van der Waals surface area contributed by atoms with Crippen LogP contribution in [0.5, 0.6) is 0 Å². The van der Waals surface area contributed by atoms with Crippen molar-refractivity contribution in [1.29, 1.82) is 0 Å². The molecule has 2 aromatic carbocycles. The van der Waals surface area contributed by atoms with E-state index in [0.29, 0.717) is 5.69 Å². The Morgan fingerprint density at radius 2 is 1.74 bits per heavy atom. The third kappa shape index (κ3) is 4.98. The molecule has 1 saturated heterocycles. The van der Waals surface area contributed by atoms with Gasteiger partial charge < -0.3 is 15.5 Å². The van der Waals surface area contributed by atoms with Gasteiger partial charge in [-0.25, -0.2) is 4.39 Å². The van der Waals surface area contributed by atoms with Crippen molar-refractivity contribution in [1.82, 2.24) is 5.32 Å². The highest BCUT2D eigenvalue weighted by molar-refractivity contribution is 6.33. The summed E-state index contributed by atoms with van der Waals surface area (Å²) < 4.78 is 13.7. The van der Waals surface area contributed by atoms with E-state index >= 15 is 0 Å². The Bertz CT molecular complexity index is 800. The molecule has 2 aromatic rings. The third-order valence-corrected chi connectivity index (χ3v) is 4.79. The molecule has 1 heterocycles. The molecular weight excluding hydrogens is 369 g/mol. The zero-order chi connectivity index (χ0) is 19.2. The zero-order valence-electron chi connectivity index (χ0n) is 14.8. The van der Waals surface area contributed by atoms with Crippen molar-refractivity contribution in [3.63, 3.8) is 0 Å². The number of carbonyl (C=O) groups excluding carboxylic acids is 2. The summed E-state index contributed by atoms with van der Waals surface area (Å²) >= 11 is 5.84. The van der Waals surface area contributed by atoms with Crippen LogP contribution in [-0.2, 0) is 4.79 Å². The monoisotopic (exact) mass is 389 g/mol. The van der Waals surface area contributed by atoms with Gasteiger partial charge in [-0.15, -0.1) is 0 Å². The molecule has 5 nitrogen and oxygen atoms in total. The number of anilines is 2. The van der Waals surface area contributed by atoms with E-state index in [2.05, 4.69) is 15.5 Å². The number of halogens is 2. The maximum Gasteiger partial charge on any atom is 0.256 e. The van der Waals surface area contributed by atoms with Crippen molar-refractivity contribution >= 4 is 34.8 Å². The lowest BCUT2D eigenvalue weighted by molar-refractivity contribution is -0.115. The summed E-state index contributed by atoms with van der Waals surface area (Å²) in [6.07, 6.45) is 3.67. The first-order chi connectivity index (χ1) is 13.0. The molecule has 7 heteroatoms. The van der Waals surface area contributed by atoms with Crippen LogP contribution in [0.4, 0.5) is 15.8 Å². The summed E-state index contributed by atoms with van der Waals surface area (Å²) in [5, 5.41) is 5.09. The van der Waals surface area contributed by atoms with Crippen LogP contribution in [0.2, 0.25) is 5.02 Å². The molecule has 1 aliphatic heterocycles. The summed E-state index contributed by atoms with van der Waals surface area (Å²) in [6.45, 7) is 1.82. The summed E-state index contributed by atoms with van der Waals surface area (Å²) in [6, 6.07) is 11.6. The predicted octanol–water partition coefficient (Wildman–Crippen LogP) is 3.84. The van der Waals surface area contributed by atoms with Crippen LogP contribution >= 0.6 is 11.6 Å². The highest BCUT2D eigenvalue weighted by Gasteiger charge is 2.16. The number of rotatable bonds is 5. The molecule has 1 aliphatic rings. The minimum absolute atomic E-state index is 0.00112. The Morgan fingerprint density at radius 3 is 2.41 bits per heavy atom. The highest BCUT2D eigenvalue weighted by atomic mass is 35.5. The van der Waals surface area contributed by atoms with E-state index in [-0.39, 0.29) is 17.1 Å². The molecule has 0 radical (unpaired) electrons. The fraction of sp³-hybridized carbons (Fsp3) is 0.300. The minimum atomic E-state index is -0.728. The van der Waals surface area contributed by atoms with E-state index in [1.807, 2.05) is 24.3 Å². The Morgan fingerprint density at radius 1 is 1.04 bits per heavy atom. The second-order valence-electron chi connectivity index (χ2n) is 6.42. The maximum absolute atomic E-state index is 13.7. The maximum atomic E-state index is 13.7. The lowest BCUT2D eigenvalue weighted by Gasteiger charge is -2.28. The van der Waals surface area contributed by atoms with Crippen LogP contribution in [0.25, 0.3) is 0 Å². The second kappa shape index (κ2) is 8.86. The number of carbonyl (C=O) groups is 2. The van der Waals surface area contributed by atoms with E-state index in [1.165, 1.54) is 31.4 Å². The quantitative estimate of drug-likeness (QED) is 0.816. The highest BCUT2D eigenvalue weighted by Crippen LogP contribution is 2.22. The summed E-state index contributed by atoms with van der Waals surface area (Å²) in [7, 11) is 0. The zero-order valence-corrected chi connectivity index (χ0v) is 15.6. The number of hydrogen-bond donors (Lipinski definition) is 2. The Kier molecular flexibility index (Phi) is 6.29. The van der Waals surface area contributed by atoms with Crippen molar-refractivity contribution in [2.24, 2.45) is 0 Å². The van der Waals surface area contributed by atoms with Gasteiger partial charge in [0.05, 0.1) is 17.1 Å². The van der Waals surface area contributed by atoms with Crippen LogP contribution < -0.4 is 15.5 Å². The first kappa shape index (κ1) is 19.2. The minimum Gasteiger partial charge on any atom is -0.372 e. The van der Waals surface area contributed by atoms with Gasteiger partial charge in [-0.2, -0.15) is 0 Å². The van der Waals surface area contributed by atoms with Crippen molar-refractivity contribution in [3.8, 4) is 0 Å². The van der Waals surface area contributed by atoms with Crippen molar-refractivity contribution in [3.05, 3.63) is 58.9 Å². The normalized spacial score (nSPS) is 13.9. The van der Waals surface area contributed by atoms with Gasteiger partial charge >= 0.3 is 0 Å². The molecule has 0 spiro atoms. The summed E-state index contributed by atoms with van der Waals surface area (Å²) in [4.78, 5) is 26.4. The van der Waals surface area contributed by atoms with Crippen LogP contribution in [0.1, 0.15) is 29.6 Å². The Balaban J connectivity index is 1.52. The standard InChI is InChI=1S/C20H21ClFN3O2/c21-16-5-4-6-17(22)19(16)20(27)23-13-18(26)24-14-7-9-15(10-8-14)25-11-2-1-3-12-25/h4-10H,1-3,11-13H2,(H,23,27)(H,24,26). The summed E-state index contributed by atoms with van der Waals surface area (Å²) in [5.74, 6) is -1.86. The molecule has 27 heavy (non-hydrogen) atoms. The topological polar surface area (TPSA) is 61.4 Å². The van der Waals surface area contributed by atoms with Gasteiger partial charge in [0.1, 0.15) is 5.82 Å². The van der Waals surface area contributed by atoms with Crippen LogP contribution in [-0.4, -0.2) is 31.4 Å². The Labute approximate surface area is 162 Å². The van der Waals surface area contributed by atoms with Gasteiger partial charge in [-0.3, -0.25) is 9.59 Å². The molecule has 0 aromatic heterocycles. The number of benzene rings is 2. The van der Waals surface area contributed by atoms with E-state index in [0.717, 1.165) is 24.8 Å². The molecule has 0 aliphatic carbocycles. The lowest BCUT2D eigenvalue weighted by Crippen LogP contribution is -2.33. The largest absolute Gasteiger partial charge is 0.372 e. The van der Waals surface area contributed by atoms with Crippen molar-refractivity contribution in [2.75, 3.05) is 29.9 Å². The van der Waals surface area contributed by atoms with Crippen LogP contribution in [0.15, 0.2) is 42.5 Å². The number of nitrogens with zero attached hydrogens (tertiary/aromatic N) is 1. The molecule has 0 atom stereocenters. The van der Waals surface area contributed by atoms with Gasteiger partial charge in [-0.05, 0) is 55.7 Å². The van der Waals surface area contributed by atoms with E-state index in [9.17, 15) is 14.0 Å². The summed E-state index contributed by atoms with van der Waals surface area (Å²) in [5.41, 5.74) is 1.51. The molecule has 1 fully saturated rings. The van der Waals surface area contributed by atoms with E-state index in [4.69, 9.17) is 11.6 Å². The number of piperidine rings is 1. The molecule has 2 amide bonds. The van der Waals surface area contributed by atoms with Gasteiger partial charge in [0.25, 0.3) is 5.91 Å². The van der Waals surface area contributed by atoms with Crippen LogP contribution in [0, 0.1) is 5.82 Å². The molecule has 3 rings (SSSR count). The smallest absolute Gasteiger partial charge is 0.256 e. The van der Waals surface area contributed by atoms with Gasteiger partial charge in [0, 0.05) is 24.5 Å². The molecule has 2 N–H and O–H groups in total. The average Bonchev–Trinajstić information content (AvgIpc) is 2.67. The first-order valence-electron chi connectivity index (χ1n) is 8.91. The van der Waals surface area contributed by atoms with Gasteiger partial charge in [-0.1, -0.05) is 17.7 Å². The van der Waals surface area contributed by atoms with E-state index < -0.39 is 17.6 Å². The van der Waals surface area contributed by atoms with Gasteiger partial charge in [0.2, 0.25) is 5.91 Å². The molecule has 142 valence electrons. The molecular formula is C20H21ClFN3O2. The molecule has 0 saturated carbocycles. The number of hydrogen-bond acceptors (Lipinski definition) is 3. The molecule has 0 bridgehead atoms. The second-order valence-corrected chi connectivity index (χ2v) is 6.83. The predicted molar refractivity (Wildman–Crippen MR) is 105 cm³/mol. The first-order valence-corrected chi connectivity index (χ1v) is 9.29. The van der Waals surface area contributed by atoms with E-state index in [1.54, 1.807) is 0 Å². The number of nitrogens with one attached hydrogen (secondary N) is 2. The fourth-order valence-corrected chi connectivity index (χ4v) is 3.33. The average molecular weight is 390 g/mol. The Hall–Kier alpha value is -2.60.